The van der Waals surface area contributed by atoms with E-state index in [1.165, 1.54) is 6.08 Å². The molecule has 0 saturated carbocycles. The number of hydrogen-bond donors (Lipinski definition) is 0. The molecule has 0 fully saturated rings. The molecule has 0 unspecified atom stereocenters. The highest BCUT2D eigenvalue weighted by atomic mass is 35.5. The smallest absolute Gasteiger partial charge is 0.230 e. The number of benzene rings is 2. The van der Waals surface area contributed by atoms with Crippen molar-refractivity contribution < 1.29 is 14.3 Å². The fourth-order valence-electron chi connectivity index (χ4n) is 2.63. The molecule has 0 aliphatic carbocycles. The number of rotatable bonds is 9. The van der Waals surface area contributed by atoms with Crippen LogP contribution in [0.4, 0.5) is 0 Å². The van der Waals surface area contributed by atoms with Gasteiger partial charge in [0.1, 0.15) is 6.61 Å². The summed E-state index contributed by atoms with van der Waals surface area (Å²) >= 11 is 12.3. The summed E-state index contributed by atoms with van der Waals surface area (Å²) in [5.41, 5.74) is 1.24. The Balaban J connectivity index is 0.00000363. The average molecular weight is 494 g/mol. The molecule has 8 heteroatoms. The van der Waals surface area contributed by atoms with Gasteiger partial charge in [0.15, 0.2) is 17.3 Å². The van der Waals surface area contributed by atoms with Gasteiger partial charge in [0.2, 0.25) is 5.88 Å². The molecule has 3 rings (SSSR count). The van der Waals surface area contributed by atoms with Crippen LogP contribution in [0.2, 0.25) is 10.0 Å². The Kier molecular flexibility index (Phi) is 10.0. The Morgan fingerprint density at radius 1 is 1.03 bits per heavy atom. The summed E-state index contributed by atoms with van der Waals surface area (Å²) < 4.78 is 11.8. The number of pyridine rings is 1. The third-order valence-corrected chi connectivity index (χ3v) is 4.97. The van der Waals surface area contributed by atoms with Gasteiger partial charge in [-0.25, -0.2) is 4.98 Å². The normalized spacial score (nSPS) is 10.8. The second-order valence-corrected chi connectivity index (χ2v) is 7.75. The quantitative estimate of drug-likeness (QED) is 0.254. The predicted octanol–water partition coefficient (Wildman–Crippen LogP) is 6.44. The van der Waals surface area contributed by atoms with E-state index in [4.69, 9.17) is 32.7 Å². The second kappa shape index (κ2) is 12.5. The highest BCUT2D eigenvalue weighted by Crippen LogP contribution is 2.38. The predicted molar refractivity (Wildman–Crippen MR) is 132 cm³/mol. The van der Waals surface area contributed by atoms with Gasteiger partial charge < -0.3 is 14.4 Å². The topological polar surface area (TPSA) is 51.7 Å². The first kappa shape index (κ1) is 25.7. The molecule has 0 atom stereocenters. The van der Waals surface area contributed by atoms with E-state index in [1.807, 2.05) is 49.3 Å². The summed E-state index contributed by atoms with van der Waals surface area (Å²) in [4.78, 5) is 19.0. The Hall–Kier alpha value is -2.57. The molecule has 5 nitrogen and oxygen atoms in total. The Labute approximate surface area is 204 Å². The molecule has 32 heavy (non-hydrogen) atoms. The first-order valence-corrected chi connectivity index (χ1v) is 10.4. The average Bonchev–Trinajstić information content (AvgIpc) is 2.76. The summed E-state index contributed by atoms with van der Waals surface area (Å²) in [5.74, 6) is 0.663. The van der Waals surface area contributed by atoms with Gasteiger partial charge in [0.05, 0.1) is 15.6 Å². The lowest BCUT2D eigenvalue weighted by molar-refractivity contribution is 0.104. The molecule has 1 heterocycles. The molecule has 3 aromatic rings. The van der Waals surface area contributed by atoms with Crippen molar-refractivity contribution in [3.05, 3.63) is 88.0 Å². The summed E-state index contributed by atoms with van der Waals surface area (Å²) in [5, 5.41) is 0.654. The number of carbonyl (C=O) groups is 1. The number of allylic oxidation sites excluding steroid dienone is 1. The Morgan fingerprint density at radius 2 is 1.72 bits per heavy atom. The fraction of sp³-hybridized carbons (Fsp3) is 0.167. The largest absolute Gasteiger partial charge is 0.488 e. The van der Waals surface area contributed by atoms with Crippen LogP contribution in [0, 0.1) is 0 Å². The maximum absolute atomic E-state index is 12.8. The van der Waals surface area contributed by atoms with Crippen molar-refractivity contribution in [1.29, 1.82) is 0 Å². The zero-order valence-electron chi connectivity index (χ0n) is 17.6. The van der Waals surface area contributed by atoms with E-state index in [2.05, 4.69) is 4.98 Å². The van der Waals surface area contributed by atoms with Gasteiger partial charge in [-0.15, -0.1) is 12.4 Å². The van der Waals surface area contributed by atoms with Crippen molar-refractivity contribution in [3.63, 3.8) is 0 Å². The van der Waals surface area contributed by atoms with E-state index in [-0.39, 0.29) is 24.1 Å². The van der Waals surface area contributed by atoms with Crippen LogP contribution >= 0.6 is 35.6 Å². The summed E-state index contributed by atoms with van der Waals surface area (Å²) in [6, 6.07) is 16.0. The van der Waals surface area contributed by atoms with Crippen molar-refractivity contribution >= 4 is 47.5 Å². The van der Waals surface area contributed by atoms with Gasteiger partial charge in [-0.1, -0.05) is 59.6 Å². The maximum Gasteiger partial charge on any atom is 0.230 e. The number of aromatic nitrogens is 1. The van der Waals surface area contributed by atoms with Crippen molar-refractivity contribution in [1.82, 2.24) is 9.88 Å². The first-order chi connectivity index (χ1) is 14.9. The minimum Gasteiger partial charge on any atom is -0.488 e. The van der Waals surface area contributed by atoms with Gasteiger partial charge in [0.25, 0.3) is 0 Å². The molecule has 0 N–H and O–H groups in total. The van der Waals surface area contributed by atoms with Gasteiger partial charge >= 0.3 is 0 Å². The van der Waals surface area contributed by atoms with Crippen LogP contribution in [0.3, 0.4) is 0 Å². The molecule has 168 valence electrons. The van der Waals surface area contributed by atoms with Gasteiger partial charge in [-0.3, -0.25) is 4.79 Å². The lowest BCUT2D eigenvalue weighted by atomic mass is 10.1. The fourth-order valence-corrected chi connectivity index (χ4v) is 2.94. The molecule has 2 aromatic carbocycles. The number of ketones is 1. The molecule has 0 aliphatic rings. The van der Waals surface area contributed by atoms with E-state index in [1.54, 1.807) is 36.5 Å². The monoisotopic (exact) mass is 492 g/mol. The standard InChI is InChI=1S/C24H22Cl2N2O3.ClH/c1-28(2)13-14-30-22-15-19(25)20(26)16-23(22)31-24-18(9-6-12-27-24)21(29)11-10-17-7-4-3-5-8-17;/h3-12,15-16H,13-14H2,1-2H3;1H/b11-10+;. The third kappa shape index (κ3) is 7.24. The molecule has 0 bridgehead atoms. The highest BCUT2D eigenvalue weighted by Gasteiger charge is 2.16. The molecular formula is C24H23Cl3N2O3. The van der Waals surface area contributed by atoms with E-state index >= 15 is 0 Å². The summed E-state index contributed by atoms with van der Waals surface area (Å²) in [7, 11) is 3.90. The Morgan fingerprint density at radius 3 is 2.41 bits per heavy atom. The zero-order valence-corrected chi connectivity index (χ0v) is 20.0. The minimum atomic E-state index is -0.234. The maximum atomic E-state index is 12.8. The molecule has 0 radical (unpaired) electrons. The van der Waals surface area contributed by atoms with E-state index < -0.39 is 0 Å². The van der Waals surface area contributed by atoms with Gasteiger partial charge in [-0.2, -0.15) is 0 Å². The van der Waals surface area contributed by atoms with Crippen LogP contribution in [0.25, 0.3) is 6.08 Å². The first-order valence-electron chi connectivity index (χ1n) is 9.61. The van der Waals surface area contributed by atoms with Crippen molar-refractivity contribution in [3.8, 4) is 17.4 Å². The SMILES string of the molecule is CN(C)CCOc1cc(Cl)c(Cl)cc1Oc1ncccc1C(=O)/C=C/c1ccccc1.Cl. The lowest BCUT2D eigenvalue weighted by Crippen LogP contribution is -2.19. The van der Waals surface area contributed by atoms with E-state index in [9.17, 15) is 4.79 Å². The minimum absolute atomic E-state index is 0. The van der Waals surface area contributed by atoms with E-state index in [0.717, 1.165) is 5.56 Å². The zero-order chi connectivity index (χ0) is 22.2. The number of nitrogens with zero attached hydrogens (tertiary/aromatic N) is 2. The van der Waals surface area contributed by atoms with Crippen LogP contribution in [-0.4, -0.2) is 42.9 Å². The Bertz CT molecular complexity index is 1070. The lowest BCUT2D eigenvalue weighted by Gasteiger charge is -2.16. The number of likely N-dealkylation sites (N-methyl/N-ethyl adjacent to an activating group) is 1. The molecule has 1 aromatic heterocycles. The summed E-state index contributed by atoms with van der Waals surface area (Å²) in [6.07, 6.45) is 4.79. The van der Waals surface area contributed by atoms with Crippen LogP contribution in [0.1, 0.15) is 15.9 Å². The molecule has 0 spiro atoms. The number of hydrogen-bond acceptors (Lipinski definition) is 5. The number of ether oxygens (including phenoxy) is 2. The van der Waals surface area contributed by atoms with Crippen molar-refractivity contribution in [2.75, 3.05) is 27.2 Å². The van der Waals surface area contributed by atoms with Crippen LogP contribution in [0.5, 0.6) is 17.4 Å². The molecule has 0 amide bonds. The van der Waals surface area contributed by atoms with E-state index in [0.29, 0.717) is 40.3 Å². The third-order valence-electron chi connectivity index (χ3n) is 4.25. The summed E-state index contributed by atoms with van der Waals surface area (Å²) in [6.45, 7) is 1.13. The second-order valence-electron chi connectivity index (χ2n) is 6.93. The molecular weight excluding hydrogens is 471 g/mol. The van der Waals surface area contributed by atoms with Crippen molar-refractivity contribution in [2.45, 2.75) is 0 Å². The molecule has 0 saturated heterocycles. The number of carbonyl (C=O) groups excluding carboxylic acids is 1. The van der Waals surface area contributed by atoms with Crippen molar-refractivity contribution in [2.24, 2.45) is 0 Å². The van der Waals surface area contributed by atoms with Gasteiger partial charge in [0, 0.05) is 24.9 Å². The van der Waals surface area contributed by atoms with Crippen LogP contribution < -0.4 is 9.47 Å². The van der Waals surface area contributed by atoms with Gasteiger partial charge in [-0.05, 0) is 37.9 Å². The van der Waals surface area contributed by atoms with Crippen LogP contribution in [0.15, 0.2) is 66.9 Å². The molecule has 0 aliphatic heterocycles. The van der Waals surface area contributed by atoms with Crippen LogP contribution in [-0.2, 0) is 0 Å². The number of halogens is 3. The highest BCUT2D eigenvalue weighted by molar-refractivity contribution is 6.42.